The van der Waals surface area contributed by atoms with Crippen LogP contribution < -0.4 is 9.64 Å². The number of nitrogens with zero attached hydrogens (tertiary/aromatic N) is 3. The largest absolute Gasteiger partial charge is 0.573 e. The lowest BCUT2D eigenvalue weighted by Gasteiger charge is -2.21. The molecule has 1 saturated heterocycles. The summed E-state index contributed by atoms with van der Waals surface area (Å²) >= 11 is 0. The number of fused-ring (bicyclic) bond motifs is 1. The van der Waals surface area contributed by atoms with Crippen molar-refractivity contribution in [3.63, 3.8) is 0 Å². The molecule has 0 bridgehead atoms. The van der Waals surface area contributed by atoms with Crippen LogP contribution in [0.3, 0.4) is 0 Å². The summed E-state index contributed by atoms with van der Waals surface area (Å²) in [5, 5.41) is 4.13. The van der Waals surface area contributed by atoms with E-state index in [9.17, 15) is 22.4 Å². The Kier molecular flexibility index (Phi) is 6.89. The third kappa shape index (κ3) is 5.36. The molecule has 0 amide bonds. The summed E-state index contributed by atoms with van der Waals surface area (Å²) in [6, 6.07) is 7.01. The summed E-state index contributed by atoms with van der Waals surface area (Å²) in [6.07, 6.45) is -0.211. The van der Waals surface area contributed by atoms with Gasteiger partial charge in [0.1, 0.15) is 17.2 Å². The molecule has 3 atom stereocenters. The van der Waals surface area contributed by atoms with E-state index in [0.29, 0.717) is 30.1 Å². The van der Waals surface area contributed by atoms with E-state index in [4.69, 9.17) is 9.26 Å². The fourth-order valence-corrected chi connectivity index (χ4v) is 5.86. The van der Waals surface area contributed by atoms with E-state index >= 15 is 0 Å². The SMILES string of the molecule is COC(=O)c1cnc(N2CC3CC(OCc4c(-c5ccccc5OC(F)(F)F)noc4C4CC4)C[C@H]3C2)c(F)c1. The van der Waals surface area contributed by atoms with Gasteiger partial charge >= 0.3 is 12.3 Å². The lowest BCUT2D eigenvalue weighted by atomic mass is 10.0. The fourth-order valence-electron chi connectivity index (χ4n) is 5.86. The van der Waals surface area contributed by atoms with Crippen LogP contribution in [0.25, 0.3) is 11.3 Å². The molecule has 6 rings (SSSR count). The van der Waals surface area contributed by atoms with Gasteiger partial charge in [-0.15, -0.1) is 13.2 Å². The molecule has 3 aliphatic rings. The van der Waals surface area contributed by atoms with E-state index in [1.807, 2.05) is 4.90 Å². The highest BCUT2D eigenvalue weighted by molar-refractivity contribution is 5.89. The number of anilines is 1. The van der Waals surface area contributed by atoms with Crippen molar-refractivity contribution in [2.75, 3.05) is 25.1 Å². The first-order valence-electron chi connectivity index (χ1n) is 13.1. The Bertz CT molecular complexity index is 1390. The number of aromatic nitrogens is 2. The number of hydrogen-bond donors (Lipinski definition) is 0. The van der Waals surface area contributed by atoms with Crippen molar-refractivity contribution in [2.24, 2.45) is 11.8 Å². The van der Waals surface area contributed by atoms with Crippen LogP contribution in [0.1, 0.15) is 53.3 Å². The molecule has 2 unspecified atom stereocenters. The molecule has 0 N–H and O–H groups in total. The van der Waals surface area contributed by atoms with Crippen molar-refractivity contribution in [1.82, 2.24) is 10.1 Å². The first-order chi connectivity index (χ1) is 19.2. The summed E-state index contributed by atoms with van der Waals surface area (Å²) in [5.74, 6) is 0.0319. The van der Waals surface area contributed by atoms with Gasteiger partial charge < -0.3 is 23.6 Å². The Morgan fingerprint density at radius 1 is 1.15 bits per heavy atom. The standard InChI is InChI=1S/C28H27F4N3O5/c1-37-27(36)16-10-22(29)26(33-11-16)35-12-17-8-19(9-18(17)13-35)38-14-21-24(34-40-25(21)15-6-7-15)20-4-2-3-5-23(20)39-28(30,31)32/h2-5,10-11,15,17-19H,6-9,12-14H2,1H3/t17-,18?,19?/m0/s1. The molecule has 3 aromatic rings. The summed E-state index contributed by atoms with van der Waals surface area (Å²) < 4.78 is 74.6. The topological polar surface area (TPSA) is 86.9 Å². The number of methoxy groups -OCH3 is 1. The summed E-state index contributed by atoms with van der Waals surface area (Å²) in [6.45, 7) is 1.38. The second-order valence-electron chi connectivity index (χ2n) is 10.5. The van der Waals surface area contributed by atoms with E-state index in [1.165, 1.54) is 31.5 Å². The number of pyridine rings is 1. The van der Waals surface area contributed by atoms with Crippen LogP contribution in [0.4, 0.5) is 23.4 Å². The minimum atomic E-state index is -4.84. The van der Waals surface area contributed by atoms with Gasteiger partial charge in [0.25, 0.3) is 0 Å². The number of hydrogen-bond acceptors (Lipinski definition) is 8. The van der Waals surface area contributed by atoms with Crippen molar-refractivity contribution < 1.29 is 41.1 Å². The first kappa shape index (κ1) is 26.5. The number of alkyl halides is 3. The predicted molar refractivity (Wildman–Crippen MR) is 133 cm³/mol. The zero-order chi connectivity index (χ0) is 28.0. The molecule has 3 fully saturated rings. The molecule has 0 spiro atoms. The Labute approximate surface area is 227 Å². The highest BCUT2D eigenvalue weighted by Crippen LogP contribution is 2.47. The molecule has 1 aliphatic heterocycles. The van der Waals surface area contributed by atoms with Crippen LogP contribution in [0.5, 0.6) is 5.75 Å². The normalized spacial score (nSPS) is 22.4. The van der Waals surface area contributed by atoms with Gasteiger partial charge in [-0.25, -0.2) is 14.2 Å². The van der Waals surface area contributed by atoms with Crippen LogP contribution >= 0.6 is 0 Å². The summed E-state index contributed by atoms with van der Waals surface area (Å²) in [5.41, 5.74) is 1.20. The van der Waals surface area contributed by atoms with Crippen molar-refractivity contribution in [1.29, 1.82) is 0 Å². The molecule has 2 aliphatic carbocycles. The average Bonchev–Trinajstić information content (AvgIpc) is 3.38. The van der Waals surface area contributed by atoms with Gasteiger partial charge in [-0.1, -0.05) is 17.3 Å². The second-order valence-corrected chi connectivity index (χ2v) is 10.5. The number of carbonyl (C=O) groups excluding carboxylic acids is 1. The van der Waals surface area contributed by atoms with Gasteiger partial charge in [0.05, 0.1) is 25.4 Å². The van der Waals surface area contributed by atoms with Gasteiger partial charge in [0.15, 0.2) is 11.6 Å². The maximum absolute atomic E-state index is 14.7. The minimum absolute atomic E-state index is 0.0582. The number of esters is 1. The monoisotopic (exact) mass is 561 g/mol. The van der Waals surface area contributed by atoms with Crippen molar-refractivity contribution in [3.8, 4) is 17.0 Å². The summed E-state index contributed by atoms with van der Waals surface area (Å²) in [4.78, 5) is 17.7. The van der Waals surface area contributed by atoms with Gasteiger partial charge in [-0.3, -0.25) is 0 Å². The Balaban J connectivity index is 1.13. The molecular weight excluding hydrogens is 534 g/mol. The molecular formula is C28H27F4N3O5. The van der Waals surface area contributed by atoms with Gasteiger partial charge in [0.2, 0.25) is 0 Å². The van der Waals surface area contributed by atoms with Gasteiger partial charge in [-0.05, 0) is 55.7 Å². The first-order valence-corrected chi connectivity index (χ1v) is 13.1. The second kappa shape index (κ2) is 10.4. The van der Waals surface area contributed by atoms with Crippen LogP contribution in [-0.4, -0.2) is 48.8 Å². The van der Waals surface area contributed by atoms with E-state index in [-0.39, 0.29) is 53.2 Å². The lowest BCUT2D eigenvalue weighted by molar-refractivity contribution is -0.274. The smallest absolute Gasteiger partial charge is 0.465 e. The number of para-hydroxylation sites is 1. The van der Waals surface area contributed by atoms with Gasteiger partial charge in [-0.2, -0.15) is 0 Å². The minimum Gasteiger partial charge on any atom is -0.465 e. The maximum Gasteiger partial charge on any atom is 0.573 e. The Morgan fingerprint density at radius 3 is 2.52 bits per heavy atom. The van der Waals surface area contributed by atoms with E-state index in [2.05, 4.69) is 19.6 Å². The van der Waals surface area contributed by atoms with Crippen molar-refractivity contribution in [2.45, 2.75) is 50.7 Å². The fraction of sp³-hybridized carbons (Fsp3) is 0.464. The molecule has 2 saturated carbocycles. The molecule has 12 heteroatoms. The number of halogens is 4. The summed E-state index contributed by atoms with van der Waals surface area (Å²) in [7, 11) is 1.23. The molecule has 1 aromatic carbocycles. The Hall–Kier alpha value is -3.67. The molecule has 0 radical (unpaired) electrons. The van der Waals surface area contributed by atoms with Crippen LogP contribution in [-0.2, 0) is 16.1 Å². The van der Waals surface area contributed by atoms with E-state index in [0.717, 1.165) is 31.7 Å². The quantitative estimate of drug-likeness (QED) is 0.249. The number of carbonyl (C=O) groups is 1. The highest BCUT2D eigenvalue weighted by atomic mass is 19.4. The number of rotatable bonds is 8. The number of ether oxygens (including phenoxy) is 3. The van der Waals surface area contributed by atoms with Crippen molar-refractivity contribution in [3.05, 3.63) is 59.2 Å². The van der Waals surface area contributed by atoms with Crippen LogP contribution in [0.2, 0.25) is 0 Å². The van der Waals surface area contributed by atoms with Gasteiger partial charge in [0, 0.05) is 36.3 Å². The van der Waals surface area contributed by atoms with E-state index in [1.54, 1.807) is 6.07 Å². The number of benzene rings is 1. The molecule has 212 valence electrons. The zero-order valence-corrected chi connectivity index (χ0v) is 21.6. The molecule has 2 aromatic heterocycles. The van der Waals surface area contributed by atoms with E-state index < -0.39 is 18.1 Å². The van der Waals surface area contributed by atoms with Crippen LogP contribution in [0, 0.1) is 17.7 Å². The third-order valence-electron chi connectivity index (χ3n) is 7.85. The molecule has 8 nitrogen and oxygen atoms in total. The lowest BCUT2D eigenvalue weighted by Crippen LogP contribution is -2.25. The van der Waals surface area contributed by atoms with Crippen LogP contribution in [0.15, 0.2) is 41.1 Å². The Morgan fingerprint density at radius 2 is 1.88 bits per heavy atom. The molecule has 3 heterocycles. The maximum atomic E-state index is 14.7. The average molecular weight is 562 g/mol. The zero-order valence-electron chi connectivity index (χ0n) is 21.6. The van der Waals surface area contributed by atoms with Crippen molar-refractivity contribution >= 4 is 11.8 Å². The third-order valence-corrected chi connectivity index (χ3v) is 7.85. The highest BCUT2D eigenvalue weighted by Gasteiger charge is 2.43. The predicted octanol–water partition coefficient (Wildman–Crippen LogP) is 5.87. The molecule has 40 heavy (non-hydrogen) atoms.